The van der Waals surface area contributed by atoms with Gasteiger partial charge in [0.15, 0.2) is 5.76 Å². The molecule has 1 aromatic heterocycles. The molecule has 0 atom stereocenters. The number of nitrogens with one attached hydrogen (secondary N) is 1. The summed E-state index contributed by atoms with van der Waals surface area (Å²) in [5.74, 6) is 0.802. The van der Waals surface area contributed by atoms with Crippen molar-refractivity contribution < 1.29 is 14.1 Å². The van der Waals surface area contributed by atoms with Crippen LogP contribution in [0.2, 0.25) is 0 Å². The van der Waals surface area contributed by atoms with E-state index in [1.54, 1.807) is 12.0 Å². The summed E-state index contributed by atoms with van der Waals surface area (Å²) in [6.45, 7) is 4.17. The molecule has 17 heavy (non-hydrogen) atoms. The molecule has 6 heteroatoms. The maximum Gasteiger partial charge on any atom is 0.317 e. The molecular weight excluding hydrogens is 222 g/mol. The fourth-order valence-electron chi connectivity index (χ4n) is 1.92. The Morgan fingerprint density at radius 3 is 3.24 bits per heavy atom. The summed E-state index contributed by atoms with van der Waals surface area (Å²) in [5, 5.41) is 6.70. The number of methoxy groups -OCH3 is 1. The van der Waals surface area contributed by atoms with Crippen LogP contribution >= 0.6 is 0 Å². The monoisotopic (exact) mass is 239 g/mol. The van der Waals surface area contributed by atoms with E-state index in [1.165, 1.54) is 0 Å². The lowest BCUT2D eigenvalue weighted by atomic mass is 10.1. The van der Waals surface area contributed by atoms with E-state index in [1.807, 2.05) is 6.92 Å². The number of aryl methyl sites for hydroxylation is 1. The topological polar surface area (TPSA) is 67.6 Å². The van der Waals surface area contributed by atoms with Crippen LogP contribution in [0.3, 0.4) is 0 Å². The third kappa shape index (κ3) is 2.58. The fourth-order valence-corrected chi connectivity index (χ4v) is 1.92. The smallest absolute Gasteiger partial charge is 0.317 e. The van der Waals surface area contributed by atoms with E-state index in [-0.39, 0.29) is 6.03 Å². The molecule has 2 rings (SSSR count). The normalized spacial score (nSPS) is 14.6. The third-order valence-corrected chi connectivity index (χ3v) is 2.90. The minimum atomic E-state index is -0.0817. The number of ether oxygens (including phenoxy) is 1. The summed E-state index contributed by atoms with van der Waals surface area (Å²) >= 11 is 0. The number of nitrogens with zero attached hydrogens (tertiary/aromatic N) is 2. The Balaban J connectivity index is 1.91. The molecule has 1 N–H and O–H groups in total. The van der Waals surface area contributed by atoms with Crippen molar-refractivity contribution in [1.82, 2.24) is 15.4 Å². The molecular formula is C11H17N3O3. The van der Waals surface area contributed by atoms with Crippen LogP contribution in [0.4, 0.5) is 4.79 Å². The van der Waals surface area contributed by atoms with Crippen molar-refractivity contribution in [2.45, 2.75) is 19.9 Å². The van der Waals surface area contributed by atoms with Gasteiger partial charge in [0.1, 0.15) is 0 Å². The van der Waals surface area contributed by atoms with E-state index < -0.39 is 0 Å². The number of hydrogen-bond donors (Lipinski definition) is 1. The molecule has 1 aromatic rings. The average Bonchev–Trinajstić information content (AvgIpc) is 2.71. The third-order valence-electron chi connectivity index (χ3n) is 2.90. The summed E-state index contributed by atoms with van der Waals surface area (Å²) < 4.78 is 10.1. The van der Waals surface area contributed by atoms with Crippen LogP contribution in [0, 0.1) is 6.92 Å². The minimum absolute atomic E-state index is 0.0817. The van der Waals surface area contributed by atoms with Gasteiger partial charge in [0.05, 0.1) is 18.8 Å². The molecule has 0 aliphatic carbocycles. The second kappa shape index (κ2) is 5.18. The van der Waals surface area contributed by atoms with Crippen molar-refractivity contribution in [3.63, 3.8) is 0 Å². The van der Waals surface area contributed by atoms with Gasteiger partial charge in [-0.15, -0.1) is 0 Å². The van der Waals surface area contributed by atoms with E-state index >= 15 is 0 Å². The molecule has 94 valence electrons. The zero-order valence-corrected chi connectivity index (χ0v) is 10.2. The number of aromatic nitrogens is 1. The van der Waals surface area contributed by atoms with Crippen molar-refractivity contribution >= 4 is 6.03 Å². The lowest BCUT2D eigenvalue weighted by Gasteiger charge is -2.25. The largest absolute Gasteiger partial charge is 0.383 e. The Morgan fingerprint density at radius 1 is 1.65 bits per heavy atom. The van der Waals surface area contributed by atoms with Gasteiger partial charge in [0.25, 0.3) is 0 Å². The molecule has 0 saturated heterocycles. The molecule has 0 bridgehead atoms. The predicted molar refractivity (Wildman–Crippen MR) is 60.6 cm³/mol. The van der Waals surface area contributed by atoms with Crippen LogP contribution < -0.4 is 5.32 Å². The summed E-state index contributed by atoms with van der Waals surface area (Å²) in [4.78, 5) is 13.5. The minimum Gasteiger partial charge on any atom is -0.383 e. The van der Waals surface area contributed by atoms with Crippen LogP contribution in [0.15, 0.2) is 4.52 Å². The van der Waals surface area contributed by atoms with E-state index in [0.717, 1.165) is 23.4 Å². The first-order valence-electron chi connectivity index (χ1n) is 5.68. The zero-order valence-electron chi connectivity index (χ0n) is 10.2. The fraction of sp³-hybridized carbons (Fsp3) is 0.636. The maximum atomic E-state index is 11.8. The molecule has 0 fully saturated rings. The number of amides is 2. The maximum absolute atomic E-state index is 11.8. The number of carbonyl (C=O) groups excluding carboxylic acids is 1. The summed E-state index contributed by atoms with van der Waals surface area (Å²) in [7, 11) is 1.61. The van der Waals surface area contributed by atoms with Crippen molar-refractivity contribution in [3.05, 3.63) is 17.0 Å². The predicted octanol–water partition coefficient (Wildman–Crippen LogP) is 0.697. The molecule has 0 aromatic carbocycles. The standard InChI is InChI=1S/C11H17N3O3/c1-8-9-3-5-14(7-10(9)17-13-8)11(15)12-4-6-16-2/h3-7H2,1-2H3,(H,12,15). The van der Waals surface area contributed by atoms with Gasteiger partial charge in [0, 0.05) is 25.8 Å². The highest BCUT2D eigenvalue weighted by Crippen LogP contribution is 2.21. The van der Waals surface area contributed by atoms with Crippen molar-refractivity contribution in [2.75, 3.05) is 26.8 Å². The SMILES string of the molecule is COCCNC(=O)N1CCc2c(C)noc2C1. The van der Waals surface area contributed by atoms with Gasteiger partial charge in [-0.1, -0.05) is 5.16 Å². The van der Waals surface area contributed by atoms with Crippen LogP contribution in [-0.4, -0.2) is 42.9 Å². The van der Waals surface area contributed by atoms with Gasteiger partial charge in [-0.05, 0) is 13.3 Å². The highest BCUT2D eigenvalue weighted by atomic mass is 16.5. The van der Waals surface area contributed by atoms with E-state index in [9.17, 15) is 4.79 Å². The van der Waals surface area contributed by atoms with Gasteiger partial charge in [-0.25, -0.2) is 4.79 Å². The lowest BCUT2D eigenvalue weighted by molar-refractivity contribution is 0.170. The first kappa shape index (κ1) is 11.9. The first-order chi connectivity index (χ1) is 8.22. The van der Waals surface area contributed by atoms with Gasteiger partial charge in [-0.3, -0.25) is 0 Å². The van der Waals surface area contributed by atoms with Gasteiger partial charge < -0.3 is 19.5 Å². The quantitative estimate of drug-likeness (QED) is 0.788. The molecule has 1 aliphatic rings. The highest BCUT2D eigenvalue weighted by molar-refractivity contribution is 5.74. The number of rotatable bonds is 3. The molecule has 0 radical (unpaired) electrons. The Labute approximate surface area is 99.9 Å². The Bertz CT molecular complexity index is 403. The van der Waals surface area contributed by atoms with Crippen molar-refractivity contribution in [3.8, 4) is 0 Å². The van der Waals surface area contributed by atoms with Gasteiger partial charge in [-0.2, -0.15) is 0 Å². The molecule has 0 unspecified atom stereocenters. The highest BCUT2D eigenvalue weighted by Gasteiger charge is 2.25. The molecule has 2 amide bonds. The number of hydrogen-bond acceptors (Lipinski definition) is 4. The number of carbonyl (C=O) groups is 1. The average molecular weight is 239 g/mol. The number of urea groups is 1. The van der Waals surface area contributed by atoms with Crippen LogP contribution in [0.1, 0.15) is 17.0 Å². The molecule has 2 heterocycles. The second-order valence-corrected chi connectivity index (χ2v) is 4.07. The second-order valence-electron chi connectivity index (χ2n) is 4.07. The summed E-state index contributed by atoms with van der Waals surface area (Å²) in [5.41, 5.74) is 2.07. The van der Waals surface area contributed by atoms with E-state index in [4.69, 9.17) is 9.26 Å². The van der Waals surface area contributed by atoms with Crippen molar-refractivity contribution in [1.29, 1.82) is 0 Å². The molecule has 6 nitrogen and oxygen atoms in total. The van der Waals surface area contributed by atoms with E-state index in [0.29, 0.717) is 26.2 Å². The Kier molecular flexibility index (Phi) is 3.63. The van der Waals surface area contributed by atoms with Gasteiger partial charge in [0.2, 0.25) is 0 Å². The van der Waals surface area contributed by atoms with Crippen molar-refractivity contribution in [2.24, 2.45) is 0 Å². The van der Waals surface area contributed by atoms with E-state index in [2.05, 4.69) is 10.5 Å². The first-order valence-corrected chi connectivity index (χ1v) is 5.68. The number of fused-ring (bicyclic) bond motifs is 1. The Morgan fingerprint density at radius 2 is 2.47 bits per heavy atom. The van der Waals surface area contributed by atoms with Crippen LogP contribution in [0.5, 0.6) is 0 Å². The lowest BCUT2D eigenvalue weighted by Crippen LogP contribution is -2.43. The van der Waals surface area contributed by atoms with Gasteiger partial charge >= 0.3 is 6.03 Å². The van der Waals surface area contributed by atoms with Crippen LogP contribution in [-0.2, 0) is 17.7 Å². The summed E-state index contributed by atoms with van der Waals surface area (Å²) in [6, 6.07) is -0.0817. The molecule has 1 aliphatic heterocycles. The molecule has 0 spiro atoms. The van der Waals surface area contributed by atoms with Crippen LogP contribution in [0.25, 0.3) is 0 Å². The molecule has 0 saturated carbocycles. The zero-order chi connectivity index (χ0) is 12.3. The summed E-state index contributed by atoms with van der Waals surface area (Å²) in [6.07, 6.45) is 0.808. The Hall–Kier alpha value is -1.56.